The lowest BCUT2D eigenvalue weighted by atomic mass is 9.74. The summed E-state index contributed by atoms with van der Waals surface area (Å²) in [5.74, 6) is 0.244. The van der Waals surface area contributed by atoms with Crippen molar-refractivity contribution in [3.8, 4) is 28.3 Å². The van der Waals surface area contributed by atoms with Crippen molar-refractivity contribution >= 4 is 29.1 Å². The summed E-state index contributed by atoms with van der Waals surface area (Å²) in [7, 11) is 4.39. The number of fused-ring (bicyclic) bond motifs is 1. The van der Waals surface area contributed by atoms with Crippen molar-refractivity contribution in [3.63, 3.8) is 0 Å². The maximum atomic E-state index is 15.8. The van der Waals surface area contributed by atoms with Gasteiger partial charge in [0.15, 0.2) is 0 Å². The molecule has 1 aliphatic carbocycles. The van der Waals surface area contributed by atoms with Gasteiger partial charge in [-0.05, 0) is 111 Å². The number of aryl methyl sites for hydroxylation is 2. The van der Waals surface area contributed by atoms with Crippen LogP contribution in [0.15, 0.2) is 52.2 Å². The molecule has 4 atom stereocenters. The summed E-state index contributed by atoms with van der Waals surface area (Å²) in [6, 6.07) is 10.1. The van der Waals surface area contributed by atoms with Crippen LogP contribution in [0.3, 0.4) is 0 Å². The van der Waals surface area contributed by atoms with Crippen molar-refractivity contribution in [1.82, 2.24) is 19.4 Å². The third-order valence-electron chi connectivity index (χ3n) is 12.3. The molecule has 10 nitrogen and oxygen atoms in total. The summed E-state index contributed by atoms with van der Waals surface area (Å²) in [6.07, 6.45) is 9.67. The summed E-state index contributed by atoms with van der Waals surface area (Å²) in [4.78, 5) is 56.0. The van der Waals surface area contributed by atoms with Crippen LogP contribution in [0, 0.1) is 24.6 Å². The Morgan fingerprint density at radius 1 is 1.13 bits per heavy atom. The van der Waals surface area contributed by atoms with Gasteiger partial charge in [-0.3, -0.25) is 19.0 Å². The Hall–Kier alpha value is -4.77. The Labute approximate surface area is 326 Å². The lowest BCUT2D eigenvalue weighted by Crippen LogP contribution is -2.54. The smallest absolute Gasteiger partial charge is 0.330 e. The standard InChI is InChI=1S/C43H51ClFN5O5/c1-8-25(18-20-43(10-3)21-19-26(9-2)38(51)48-43)29-15-14-27-22-34(47-40(55-7)35(27)29)30-16-17-32(45)36(37(30)44)28-12-11-13-33(24(28)4)46-39(52)31-23-49(5)42(54)50(6)41(31)53/h11-13,16-17,22-23,25-26,29H,8-10,14-15,18-21H2,1-7H3,(H,46,52)(H,48,51)/t25?,26?,29-,43+/m1/s1. The molecule has 0 radical (unpaired) electrons. The van der Waals surface area contributed by atoms with E-state index in [1.807, 2.05) is 6.07 Å². The SMILES string of the molecule is CCC1CC[C@](CC)(CCC(CC)[C@H]2CCc3cc(-c4ccc(F)c(-c5cccc(NC(=O)c6cn(C)c(=O)n(C)c6=O)c5C)c4Cl)nc(OC)c32)NC1=O. The van der Waals surface area contributed by atoms with E-state index in [1.165, 1.54) is 26.4 Å². The molecular formula is C43H51ClFN5O5. The average molecular weight is 772 g/mol. The Morgan fingerprint density at radius 3 is 2.56 bits per heavy atom. The van der Waals surface area contributed by atoms with Gasteiger partial charge in [0.1, 0.15) is 11.4 Å². The van der Waals surface area contributed by atoms with Crippen molar-refractivity contribution < 1.29 is 18.7 Å². The summed E-state index contributed by atoms with van der Waals surface area (Å²) >= 11 is 7.08. The largest absolute Gasteiger partial charge is 0.481 e. The van der Waals surface area contributed by atoms with E-state index in [2.05, 4.69) is 31.4 Å². The number of halogens is 2. The fraction of sp³-hybridized carbons (Fsp3) is 0.465. The molecule has 2 unspecified atom stereocenters. The first kappa shape index (κ1) is 39.9. The fourth-order valence-electron chi connectivity index (χ4n) is 8.78. The Morgan fingerprint density at radius 2 is 1.89 bits per heavy atom. The summed E-state index contributed by atoms with van der Waals surface area (Å²) in [5, 5.41) is 6.34. The number of pyridine rings is 1. The third kappa shape index (κ3) is 7.47. The first-order valence-corrected chi connectivity index (χ1v) is 19.7. The van der Waals surface area contributed by atoms with Crippen LogP contribution < -0.4 is 26.6 Å². The van der Waals surface area contributed by atoms with Crippen LogP contribution in [-0.4, -0.2) is 38.6 Å². The summed E-state index contributed by atoms with van der Waals surface area (Å²) in [6.45, 7) is 8.23. The normalized spacial score (nSPS) is 19.8. The predicted molar refractivity (Wildman–Crippen MR) is 214 cm³/mol. The average Bonchev–Trinajstić information content (AvgIpc) is 3.60. The minimum Gasteiger partial charge on any atom is -0.481 e. The first-order valence-electron chi connectivity index (χ1n) is 19.3. The Kier molecular flexibility index (Phi) is 11.7. The number of carbonyl (C=O) groups excluding carboxylic acids is 2. The van der Waals surface area contributed by atoms with Crippen molar-refractivity contribution in [3.05, 3.63) is 96.5 Å². The number of rotatable bonds is 12. The van der Waals surface area contributed by atoms with Crippen LogP contribution in [0.4, 0.5) is 10.1 Å². The fourth-order valence-corrected chi connectivity index (χ4v) is 9.13. The Balaban J connectivity index is 1.29. The highest BCUT2D eigenvalue weighted by Gasteiger charge is 2.40. The number of benzene rings is 2. The molecule has 0 spiro atoms. The van der Waals surface area contributed by atoms with Gasteiger partial charge in [-0.25, -0.2) is 14.2 Å². The molecule has 12 heteroatoms. The number of methoxy groups -OCH3 is 1. The molecule has 4 aromatic rings. The molecule has 2 amide bonds. The highest BCUT2D eigenvalue weighted by Crippen LogP contribution is 2.49. The van der Waals surface area contributed by atoms with Gasteiger partial charge in [-0.1, -0.05) is 50.9 Å². The van der Waals surface area contributed by atoms with Gasteiger partial charge in [0.25, 0.3) is 11.5 Å². The highest BCUT2D eigenvalue weighted by atomic mass is 35.5. The molecule has 2 aliphatic rings. The molecule has 55 heavy (non-hydrogen) atoms. The van der Waals surface area contributed by atoms with Crippen LogP contribution >= 0.6 is 11.6 Å². The maximum Gasteiger partial charge on any atom is 0.330 e. The van der Waals surface area contributed by atoms with Gasteiger partial charge in [0, 0.05) is 54.1 Å². The zero-order chi connectivity index (χ0) is 39.8. The lowest BCUT2D eigenvalue weighted by Gasteiger charge is -2.41. The van der Waals surface area contributed by atoms with E-state index < -0.39 is 23.0 Å². The quantitative estimate of drug-likeness (QED) is 0.150. The predicted octanol–water partition coefficient (Wildman–Crippen LogP) is 8.10. The number of piperidine rings is 1. The molecule has 0 saturated carbocycles. The second kappa shape index (κ2) is 16.1. The molecule has 2 aromatic carbocycles. The zero-order valence-corrected chi connectivity index (χ0v) is 33.5. The van der Waals surface area contributed by atoms with Crippen LogP contribution in [-0.2, 0) is 25.3 Å². The number of hydrogen-bond acceptors (Lipinski definition) is 6. The monoisotopic (exact) mass is 771 g/mol. The van der Waals surface area contributed by atoms with Crippen molar-refractivity contribution in [2.75, 3.05) is 12.4 Å². The van der Waals surface area contributed by atoms with Crippen molar-refractivity contribution in [1.29, 1.82) is 0 Å². The minimum absolute atomic E-state index is 0.109. The van der Waals surface area contributed by atoms with E-state index in [9.17, 15) is 19.2 Å². The number of carbonyl (C=O) groups is 2. The number of nitrogens with zero attached hydrogens (tertiary/aromatic N) is 3. The van der Waals surface area contributed by atoms with Crippen LogP contribution in [0.5, 0.6) is 5.88 Å². The lowest BCUT2D eigenvalue weighted by molar-refractivity contribution is -0.130. The molecule has 2 N–H and O–H groups in total. The summed E-state index contributed by atoms with van der Waals surface area (Å²) in [5.41, 5.74) is 3.22. The second-order valence-corrected chi connectivity index (χ2v) is 15.6. The number of aromatic nitrogens is 3. The van der Waals surface area contributed by atoms with Gasteiger partial charge >= 0.3 is 5.69 Å². The number of hydrogen-bond donors (Lipinski definition) is 2. The molecule has 3 heterocycles. The van der Waals surface area contributed by atoms with E-state index in [1.54, 1.807) is 38.3 Å². The van der Waals surface area contributed by atoms with Gasteiger partial charge in [0.2, 0.25) is 11.8 Å². The minimum atomic E-state index is -0.727. The topological polar surface area (TPSA) is 124 Å². The number of nitrogens with one attached hydrogen (secondary N) is 2. The number of ether oxygens (including phenoxy) is 1. The van der Waals surface area contributed by atoms with Gasteiger partial charge in [0.05, 0.1) is 17.8 Å². The molecule has 1 aliphatic heterocycles. The maximum absolute atomic E-state index is 15.8. The molecule has 1 saturated heterocycles. The van der Waals surface area contributed by atoms with E-state index in [0.717, 1.165) is 78.0 Å². The zero-order valence-electron chi connectivity index (χ0n) is 32.8. The third-order valence-corrected chi connectivity index (χ3v) is 12.7. The summed E-state index contributed by atoms with van der Waals surface area (Å²) < 4.78 is 23.8. The van der Waals surface area contributed by atoms with Crippen LogP contribution in [0.25, 0.3) is 22.4 Å². The molecular weight excluding hydrogens is 721 g/mol. The van der Waals surface area contributed by atoms with E-state index >= 15 is 4.39 Å². The van der Waals surface area contributed by atoms with E-state index in [-0.39, 0.29) is 39.4 Å². The number of amides is 2. The van der Waals surface area contributed by atoms with Gasteiger partial charge in [-0.2, -0.15) is 0 Å². The van der Waals surface area contributed by atoms with Crippen molar-refractivity contribution in [2.24, 2.45) is 25.9 Å². The van der Waals surface area contributed by atoms with Gasteiger partial charge in [-0.15, -0.1) is 0 Å². The van der Waals surface area contributed by atoms with E-state index in [0.29, 0.717) is 39.9 Å². The van der Waals surface area contributed by atoms with E-state index in [4.69, 9.17) is 21.3 Å². The molecule has 292 valence electrons. The van der Waals surface area contributed by atoms with Gasteiger partial charge < -0.3 is 19.9 Å². The number of anilines is 1. The molecule has 2 aromatic heterocycles. The van der Waals surface area contributed by atoms with Crippen LogP contribution in [0.1, 0.15) is 105 Å². The molecule has 0 bridgehead atoms. The first-order chi connectivity index (χ1) is 26.3. The Bertz CT molecular complexity index is 2270. The molecule has 1 fully saturated rings. The molecule has 6 rings (SSSR count). The second-order valence-electron chi connectivity index (χ2n) is 15.2. The van der Waals surface area contributed by atoms with Crippen molar-refractivity contribution in [2.45, 2.75) is 96.9 Å². The highest BCUT2D eigenvalue weighted by molar-refractivity contribution is 6.36. The van der Waals surface area contributed by atoms with Crippen LogP contribution in [0.2, 0.25) is 5.02 Å².